The first-order chi connectivity index (χ1) is 11.3. The van der Waals surface area contributed by atoms with Crippen molar-refractivity contribution >= 4 is 52.0 Å². The molecule has 124 valence electrons. The molecule has 0 saturated carbocycles. The summed E-state index contributed by atoms with van der Waals surface area (Å²) >= 11 is 11.7. The number of nitrogens with zero attached hydrogens (tertiary/aromatic N) is 2. The van der Waals surface area contributed by atoms with E-state index in [0.29, 0.717) is 0 Å². The molecule has 24 heavy (non-hydrogen) atoms. The summed E-state index contributed by atoms with van der Waals surface area (Å²) in [6.45, 7) is 0. The number of nitro groups is 2. The van der Waals surface area contributed by atoms with Crippen molar-refractivity contribution in [1.29, 1.82) is 0 Å². The molecule has 0 aliphatic carbocycles. The number of carbonyl (C=O) groups is 1. The summed E-state index contributed by atoms with van der Waals surface area (Å²) in [6, 6.07) is 6.38. The Morgan fingerprint density at radius 2 is 1.21 bits per heavy atom. The molecule has 0 saturated heterocycles. The van der Waals surface area contributed by atoms with Crippen LogP contribution in [0.25, 0.3) is 0 Å². The minimum absolute atomic E-state index is 0.0193. The van der Waals surface area contributed by atoms with Gasteiger partial charge in [-0.3, -0.25) is 20.2 Å². The van der Waals surface area contributed by atoms with Crippen LogP contribution in [-0.4, -0.2) is 15.9 Å². The average Bonchev–Trinajstić information content (AvgIpc) is 2.50. The van der Waals surface area contributed by atoms with Gasteiger partial charge in [0.1, 0.15) is 0 Å². The fourth-order valence-corrected chi connectivity index (χ4v) is 2.16. The average molecular weight is 371 g/mol. The van der Waals surface area contributed by atoms with E-state index in [2.05, 4.69) is 10.6 Å². The molecule has 2 aromatic carbocycles. The Kier molecular flexibility index (Phi) is 5.17. The van der Waals surface area contributed by atoms with Gasteiger partial charge in [-0.15, -0.1) is 0 Å². The van der Waals surface area contributed by atoms with Crippen LogP contribution in [0.4, 0.5) is 27.5 Å². The molecule has 0 aliphatic rings. The van der Waals surface area contributed by atoms with Crippen LogP contribution < -0.4 is 10.6 Å². The predicted octanol–water partition coefficient (Wildman–Crippen LogP) is 4.45. The molecule has 0 spiro atoms. The molecule has 0 atom stereocenters. The fourth-order valence-electron chi connectivity index (χ4n) is 1.71. The van der Waals surface area contributed by atoms with Crippen molar-refractivity contribution in [1.82, 2.24) is 0 Å². The van der Waals surface area contributed by atoms with Crippen LogP contribution in [0.3, 0.4) is 0 Å². The molecule has 0 aliphatic heterocycles. The van der Waals surface area contributed by atoms with Crippen molar-refractivity contribution in [2.24, 2.45) is 0 Å². The summed E-state index contributed by atoms with van der Waals surface area (Å²) in [7, 11) is 0. The van der Waals surface area contributed by atoms with Gasteiger partial charge in [-0.25, -0.2) is 4.79 Å². The Hall–Kier alpha value is -2.91. The van der Waals surface area contributed by atoms with Crippen molar-refractivity contribution in [3.05, 3.63) is 66.7 Å². The smallest absolute Gasteiger partial charge is 0.306 e. The largest absolute Gasteiger partial charge is 0.323 e. The zero-order valence-electron chi connectivity index (χ0n) is 11.7. The second-order valence-corrected chi connectivity index (χ2v) is 5.24. The molecule has 0 radical (unpaired) electrons. The third kappa shape index (κ3) is 4.09. The molecule has 11 heteroatoms. The standard InChI is InChI=1S/C13H8Cl2N4O5/c14-9-5-7(18(21)22)1-3-11(9)16-13(20)17-12-4-2-8(19(23)24)6-10(12)15/h1-6H,(H2,16,17,20). The monoisotopic (exact) mass is 370 g/mol. The van der Waals surface area contributed by atoms with Gasteiger partial charge in [-0.05, 0) is 12.1 Å². The summed E-state index contributed by atoms with van der Waals surface area (Å²) in [5.41, 5.74) is -0.135. The molecular formula is C13H8Cl2N4O5. The van der Waals surface area contributed by atoms with Gasteiger partial charge in [0.05, 0.1) is 31.3 Å². The number of nitro benzene ring substituents is 2. The lowest BCUT2D eigenvalue weighted by molar-refractivity contribution is -0.385. The Bertz CT molecular complexity index is 776. The lowest BCUT2D eigenvalue weighted by Gasteiger charge is -2.10. The Morgan fingerprint density at radius 1 is 0.833 bits per heavy atom. The number of rotatable bonds is 4. The number of halogens is 2. The second kappa shape index (κ2) is 7.11. The van der Waals surface area contributed by atoms with Gasteiger partial charge in [0.15, 0.2) is 0 Å². The lowest BCUT2D eigenvalue weighted by atomic mass is 10.2. The van der Waals surface area contributed by atoms with Crippen LogP contribution in [-0.2, 0) is 0 Å². The van der Waals surface area contributed by atoms with Crippen molar-refractivity contribution in [2.45, 2.75) is 0 Å². The topological polar surface area (TPSA) is 127 Å². The van der Waals surface area contributed by atoms with E-state index in [9.17, 15) is 25.0 Å². The van der Waals surface area contributed by atoms with E-state index in [-0.39, 0.29) is 32.8 Å². The van der Waals surface area contributed by atoms with Crippen LogP contribution in [0.2, 0.25) is 10.0 Å². The van der Waals surface area contributed by atoms with Gasteiger partial charge in [-0.1, -0.05) is 23.2 Å². The lowest BCUT2D eigenvalue weighted by Crippen LogP contribution is -2.19. The summed E-state index contributed by atoms with van der Waals surface area (Å²) in [5, 5.41) is 26.0. The minimum atomic E-state index is -0.721. The SMILES string of the molecule is O=C(Nc1ccc([N+](=O)[O-])cc1Cl)Nc1ccc([N+](=O)[O-])cc1Cl. The highest BCUT2D eigenvalue weighted by atomic mass is 35.5. The number of anilines is 2. The Morgan fingerprint density at radius 3 is 1.50 bits per heavy atom. The van der Waals surface area contributed by atoms with Gasteiger partial charge in [-0.2, -0.15) is 0 Å². The molecular weight excluding hydrogens is 363 g/mol. The normalized spacial score (nSPS) is 10.1. The molecule has 0 bridgehead atoms. The number of nitrogens with one attached hydrogen (secondary N) is 2. The quantitative estimate of drug-likeness (QED) is 0.606. The van der Waals surface area contributed by atoms with Gasteiger partial charge in [0.25, 0.3) is 11.4 Å². The van der Waals surface area contributed by atoms with Crippen LogP contribution in [0.1, 0.15) is 0 Å². The number of urea groups is 1. The van der Waals surface area contributed by atoms with Crippen LogP contribution in [0.15, 0.2) is 36.4 Å². The molecule has 9 nitrogen and oxygen atoms in total. The van der Waals surface area contributed by atoms with E-state index in [0.717, 1.165) is 12.1 Å². The summed E-state index contributed by atoms with van der Waals surface area (Å²) in [6.07, 6.45) is 0. The number of carbonyl (C=O) groups excluding carboxylic acids is 1. The summed E-state index contributed by atoms with van der Waals surface area (Å²) in [4.78, 5) is 31.9. The second-order valence-electron chi connectivity index (χ2n) is 4.42. The van der Waals surface area contributed by atoms with E-state index in [4.69, 9.17) is 23.2 Å². The molecule has 2 rings (SSSR count). The fraction of sp³-hybridized carbons (Fsp3) is 0. The van der Waals surface area contributed by atoms with Crippen molar-refractivity contribution in [3.8, 4) is 0 Å². The summed E-state index contributed by atoms with van der Waals surface area (Å²) in [5.74, 6) is 0. The molecule has 0 unspecified atom stereocenters. The van der Waals surface area contributed by atoms with Crippen molar-refractivity contribution < 1.29 is 14.6 Å². The first-order valence-corrected chi connectivity index (χ1v) is 6.99. The van der Waals surface area contributed by atoms with E-state index in [1.807, 2.05) is 0 Å². The Balaban J connectivity index is 2.11. The first kappa shape index (κ1) is 17.4. The van der Waals surface area contributed by atoms with E-state index >= 15 is 0 Å². The van der Waals surface area contributed by atoms with E-state index in [1.165, 1.54) is 24.3 Å². The van der Waals surface area contributed by atoms with E-state index in [1.54, 1.807) is 0 Å². The maximum Gasteiger partial charge on any atom is 0.323 e. The molecule has 0 aromatic heterocycles. The molecule has 0 fully saturated rings. The third-order valence-corrected chi connectivity index (χ3v) is 3.45. The molecule has 0 heterocycles. The van der Waals surface area contributed by atoms with Gasteiger partial charge < -0.3 is 10.6 Å². The number of non-ortho nitro benzene ring substituents is 2. The van der Waals surface area contributed by atoms with Gasteiger partial charge in [0.2, 0.25) is 0 Å². The first-order valence-electron chi connectivity index (χ1n) is 6.24. The number of benzene rings is 2. The minimum Gasteiger partial charge on any atom is -0.306 e. The molecule has 2 amide bonds. The number of hydrogen-bond acceptors (Lipinski definition) is 5. The number of amides is 2. The van der Waals surface area contributed by atoms with Crippen LogP contribution in [0, 0.1) is 20.2 Å². The third-order valence-electron chi connectivity index (χ3n) is 2.82. The summed E-state index contributed by atoms with van der Waals surface area (Å²) < 4.78 is 0. The van der Waals surface area contributed by atoms with E-state index < -0.39 is 15.9 Å². The molecule has 2 N–H and O–H groups in total. The van der Waals surface area contributed by atoms with Gasteiger partial charge in [0, 0.05) is 24.3 Å². The number of hydrogen-bond donors (Lipinski definition) is 2. The van der Waals surface area contributed by atoms with Crippen molar-refractivity contribution in [3.63, 3.8) is 0 Å². The zero-order valence-corrected chi connectivity index (χ0v) is 13.2. The maximum absolute atomic E-state index is 11.9. The molecule has 2 aromatic rings. The van der Waals surface area contributed by atoms with Crippen LogP contribution in [0.5, 0.6) is 0 Å². The van der Waals surface area contributed by atoms with Crippen LogP contribution >= 0.6 is 23.2 Å². The highest BCUT2D eigenvalue weighted by Gasteiger charge is 2.14. The highest BCUT2D eigenvalue weighted by molar-refractivity contribution is 6.35. The maximum atomic E-state index is 11.9. The Labute approximate surface area is 144 Å². The van der Waals surface area contributed by atoms with Gasteiger partial charge >= 0.3 is 6.03 Å². The van der Waals surface area contributed by atoms with Crippen molar-refractivity contribution in [2.75, 3.05) is 10.6 Å². The highest BCUT2D eigenvalue weighted by Crippen LogP contribution is 2.28. The zero-order chi connectivity index (χ0) is 17.9. The predicted molar refractivity (Wildman–Crippen MR) is 88.9 cm³/mol.